The maximum Gasteiger partial charge on any atom is 0.190 e. The summed E-state index contributed by atoms with van der Waals surface area (Å²) in [4.78, 5) is 0. The third-order valence-electron chi connectivity index (χ3n) is 5.66. The first-order valence-electron chi connectivity index (χ1n) is 10.7. The Kier molecular flexibility index (Phi) is 6.86. The highest BCUT2D eigenvalue weighted by atomic mass is 16.8. The lowest BCUT2D eigenvalue weighted by atomic mass is 9.98. The van der Waals surface area contributed by atoms with Crippen molar-refractivity contribution in [1.82, 2.24) is 5.32 Å². The molecule has 2 N–H and O–H groups in total. The van der Waals surface area contributed by atoms with E-state index in [9.17, 15) is 5.11 Å². The van der Waals surface area contributed by atoms with Gasteiger partial charge in [0.25, 0.3) is 0 Å². The molecule has 6 nitrogen and oxygen atoms in total. The second kappa shape index (κ2) is 9.61. The molecule has 166 valence electrons. The van der Waals surface area contributed by atoms with E-state index in [1.807, 2.05) is 74.5 Å². The maximum atomic E-state index is 10.7. The molecule has 2 aliphatic rings. The van der Waals surface area contributed by atoms with Gasteiger partial charge in [-0.15, -0.1) is 6.58 Å². The van der Waals surface area contributed by atoms with Crippen LogP contribution in [-0.2, 0) is 32.1 Å². The second-order valence-electron chi connectivity index (χ2n) is 8.45. The Morgan fingerprint density at radius 3 is 2.35 bits per heavy atom. The van der Waals surface area contributed by atoms with Crippen LogP contribution in [0.4, 0.5) is 0 Å². The molecule has 2 aromatic rings. The fourth-order valence-corrected chi connectivity index (χ4v) is 4.16. The predicted octanol–water partition coefficient (Wildman–Crippen LogP) is 3.15. The fraction of sp³-hybridized carbons (Fsp3) is 0.440. The van der Waals surface area contributed by atoms with E-state index in [4.69, 9.17) is 18.9 Å². The first-order chi connectivity index (χ1) is 15.0. The Bertz CT molecular complexity index is 844. The summed E-state index contributed by atoms with van der Waals surface area (Å²) >= 11 is 0. The summed E-state index contributed by atoms with van der Waals surface area (Å²) in [5.74, 6) is -0.751. The number of ether oxygens (including phenoxy) is 4. The third kappa shape index (κ3) is 5.23. The van der Waals surface area contributed by atoms with Crippen molar-refractivity contribution >= 4 is 0 Å². The van der Waals surface area contributed by atoms with Gasteiger partial charge in [0, 0.05) is 6.54 Å². The zero-order chi connectivity index (χ0) is 21.8. The molecule has 2 fully saturated rings. The molecule has 6 atom stereocenters. The Morgan fingerprint density at radius 2 is 1.71 bits per heavy atom. The predicted molar refractivity (Wildman–Crippen MR) is 117 cm³/mol. The van der Waals surface area contributed by atoms with E-state index in [0.29, 0.717) is 13.2 Å². The molecule has 31 heavy (non-hydrogen) atoms. The molecular formula is C25H31NO5. The molecule has 0 aromatic heterocycles. The summed E-state index contributed by atoms with van der Waals surface area (Å²) in [7, 11) is 0. The molecule has 2 saturated heterocycles. The Hall–Kier alpha value is -2.06. The maximum absolute atomic E-state index is 10.7. The zero-order valence-corrected chi connectivity index (χ0v) is 18.0. The average Bonchev–Trinajstić information content (AvgIpc) is 3.25. The minimum absolute atomic E-state index is 0.387. The summed E-state index contributed by atoms with van der Waals surface area (Å²) < 4.78 is 24.6. The van der Waals surface area contributed by atoms with Crippen LogP contribution in [0.2, 0.25) is 0 Å². The van der Waals surface area contributed by atoms with Crippen molar-refractivity contribution in [3.05, 3.63) is 84.4 Å². The molecule has 2 aromatic carbocycles. The zero-order valence-electron chi connectivity index (χ0n) is 18.0. The van der Waals surface area contributed by atoms with E-state index < -0.39 is 36.4 Å². The fourth-order valence-electron chi connectivity index (χ4n) is 4.16. The Labute approximate surface area is 183 Å². The normalized spacial score (nSPS) is 28.7. The van der Waals surface area contributed by atoms with Gasteiger partial charge in [0.1, 0.15) is 18.3 Å². The van der Waals surface area contributed by atoms with Crippen molar-refractivity contribution in [2.75, 3.05) is 0 Å². The third-order valence-corrected chi connectivity index (χ3v) is 5.66. The molecule has 2 heterocycles. The number of nitrogens with one attached hydrogen (secondary N) is 1. The largest absolute Gasteiger partial charge is 0.387 e. The van der Waals surface area contributed by atoms with Gasteiger partial charge in [0.15, 0.2) is 12.1 Å². The van der Waals surface area contributed by atoms with Gasteiger partial charge in [-0.1, -0.05) is 66.7 Å². The van der Waals surface area contributed by atoms with Gasteiger partial charge in [-0.25, -0.2) is 0 Å². The summed E-state index contributed by atoms with van der Waals surface area (Å²) in [5, 5.41) is 14.2. The van der Waals surface area contributed by atoms with E-state index in [2.05, 4.69) is 11.9 Å². The van der Waals surface area contributed by atoms with Gasteiger partial charge >= 0.3 is 0 Å². The molecule has 4 rings (SSSR count). The van der Waals surface area contributed by atoms with Crippen molar-refractivity contribution < 1.29 is 24.1 Å². The van der Waals surface area contributed by atoms with Crippen molar-refractivity contribution in [3.8, 4) is 0 Å². The minimum atomic E-state index is -0.830. The van der Waals surface area contributed by atoms with Crippen LogP contribution in [0.3, 0.4) is 0 Å². The van der Waals surface area contributed by atoms with Gasteiger partial charge in [-0.2, -0.15) is 0 Å². The van der Waals surface area contributed by atoms with E-state index >= 15 is 0 Å². The Morgan fingerprint density at radius 1 is 1.06 bits per heavy atom. The number of fused-ring (bicyclic) bond motifs is 1. The SMILES string of the molecule is C=C[C@@H](O)[C@@H](NCc1ccccc1)[C@H]1O[C@@H]2OC(C)(C)O[C@@H]2[C@H]1OCc1ccccc1. The Balaban J connectivity index is 1.53. The van der Waals surface area contributed by atoms with Crippen molar-refractivity contribution in [3.63, 3.8) is 0 Å². The van der Waals surface area contributed by atoms with E-state index in [-0.39, 0.29) is 6.10 Å². The van der Waals surface area contributed by atoms with Crippen LogP contribution in [0.1, 0.15) is 25.0 Å². The van der Waals surface area contributed by atoms with E-state index in [1.54, 1.807) is 0 Å². The van der Waals surface area contributed by atoms with Gasteiger partial charge in [-0.05, 0) is 25.0 Å². The molecular weight excluding hydrogens is 394 g/mol. The smallest absolute Gasteiger partial charge is 0.190 e. The molecule has 2 aliphatic heterocycles. The molecule has 0 radical (unpaired) electrons. The lowest BCUT2D eigenvalue weighted by molar-refractivity contribution is -0.224. The van der Waals surface area contributed by atoms with Crippen LogP contribution in [0.15, 0.2) is 73.3 Å². The highest BCUT2D eigenvalue weighted by molar-refractivity contribution is 5.16. The number of rotatable bonds is 9. The van der Waals surface area contributed by atoms with Crippen LogP contribution in [0, 0.1) is 0 Å². The lowest BCUT2D eigenvalue weighted by Gasteiger charge is -2.33. The van der Waals surface area contributed by atoms with Crippen LogP contribution >= 0.6 is 0 Å². The van der Waals surface area contributed by atoms with Gasteiger partial charge in [-0.3, -0.25) is 0 Å². The summed E-state index contributed by atoms with van der Waals surface area (Å²) in [6.45, 7) is 8.48. The quantitative estimate of drug-likeness (QED) is 0.602. The average molecular weight is 426 g/mol. The van der Waals surface area contributed by atoms with Gasteiger partial charge in [0.05, 0.1) is 18.8 Å². The number of benzene rings is 2. The number of hydrogen-bond acceptors (Lipinski definition) is 6. The highest BCUT2D eigenvalue weighted by Crippen LogP contribution is 2.40. The molecule has 0 spiro atoms. The van der Waals surface area contributed by atoms with Crippen molar-refractivity contribution in [2.45, 2.75) is 69.5 Å². The van der Waals surface area contributed by atoms with Gasteiger partial charge < -0.3 is 29.4 Å². The highest BCUT2D eigenvalue weighted by Gasteiger charge is 2.57. The summed E-state index contributed by atoms with van der Waals surface area (Å²) in [6, 6.07) is 19.5. The van der Waals surface area contributed by atoms with Crippen molar-refractivity contribution in [2.24, 2.45) is 0 Å². The minimum Gasteiger partial charge on any atom is -0.387 e. The number of aliphatic hydroxyl groups is 1. The van der Waals surface area contributed by atoms with Gasteiger partial charge in [0.2, 0.25) is 0 Å². The van der Waals surface area contributed by atoms with Crippen LogP contribution in [0.25, 0.3) is 0 Å². The van der Waals surface area contributed by atoms with E-state index in [1.165, 1.54) is 6.08 Å². The summed E-state index contributed by atoms with van der Waals surface area (Å²) in [6.07, 6.45) is -1.16. The molecule has 0 unspecified atom stereocenters. The van der Waals surface area contributed by atoms with E-state index in [0.717, 1.165) is 11.1 Å². The van der Waals surface area contributed by atoms with Crippen molar-refractivity contribution in [1.29, 1.82) is 0 Å². The van der Waals surface area contributed by atoms with Crippen LogP contribution < -0.4 is 5.32 Å². The topological polar surface area (TPSA) is 69.2 Å². The molecule has 0 amide bonds. The molecule has 0 bridgehead atoms. The van der Waals surface area contributed by atoms with Crippen LogP contribution in [0.5, 0.6) is 0 Å². The number of aliphatic hydroxyl groups excluding tert-OH is 1. The first kappa shape index (κ1) is 22.1. The standard InChI is InChI=1S/C25H31NO5/c1-4-19(27)20(26-15-17-11-7-5-8-12-17)21-22(28-16-18-13-9-6-10-14-18)23-24(29-21)31-25(2,3)30-23/h4-14,19-24,26-27H,1,15-16H2,2-3H3/t19-,20-,21-,22+,23-,24-/m1/s1. The number of hydrogen-bond donors (Lipinski definition) is 2. The molecule has 0 saturated carbocycles. The molecule has 0 aliphatic carbocycles. The summed E-state index contributed by atoms with van der Waals surface area (Å²) in [5.41, 5.74) is 2.17. The monoisotopic (exact) mass is 425 g/mol. The molecule has 6 heteroatoms. The second-order valence-corrected chi connectivity index (χ2v) is 8.45. The van der Waals surface area contributed by atoms with Crippen LogP contribution in [-0.4, -0.2) is 47.6 Å². The first-order valence-corrected chi connectivity index (χ1v) is 10.7. The lowest BCUT2D eigenvalue weighted by Crippen LogP contribution is -2.53.